The molecule has 2 saturated heterocycles. The second-order valence-corrected chi connectivity index (χ2v) is 9.97. The Bertz CT molecular complexity index is 1070. The lowest BCUT2D eigenvalue weighted by Gasteiger charge is -2.28. The van der Waals surface area contributed by atoms with Crippen LogP contribution in [0.1, 0.15) is 43.0 Å². The minimum atomic E-state index is -4.60. The van der Waals surface area contributed by atoms with Crippen LogP contribution in [0.3, 0.4) is 0 Å². The highest BCUT2D eigenvalue weighted by Crippen LogP contribution is 2.34. The van der Waals surface area contributed by atoms with Crippen molar-refractivity contribution in [2.75, 3.05) is 70.5 Å². The summed E-state index contributed by atoms with van der Waals surface area (Å²) in [5.74, 6) is -0.180. The highest BCUT2D eigenvalue weighted by atomic mass is 19.4. The molecule has 2 N–H and O–H groups in total. The van der Waals surface area contributed by atoms with Crippen molar-refractivity contribution in [2.24, 2.45) is 0 Å². The van der Waals surface area contributed by atoms with Crippen molar-refractivity contribution >= 4 is 23.4 Å². The maximum Gasteiger partial charge on any atom is 0.421 e. The van der Waals surface area contributed by atoms with E-state index in [0.717, 1.165) is 50.8 Å². The maximum atomic E-state index is 13.6. The van der Waals surface area contributed by atoms with Gasteiger partial charge in [-0.3, -0.25) is 14.4 Å². The molecule has 2 aliphatic rings. The average Bonchev–Trinajstić information content (AvgIpc) is 3.11. The summed E-state index contributed by atoms with van der Waals surface area (Å²) in [5, 5.41) is 10.5. The lowest BCUT2D eigenvalue weighted by atomic mass is 10.1. The molecule has 2 aliphatic heterocycles. The van der Waals surface area contributed by atoms with E-state index >= 15 is 0 Å². The quantitative estimate of drug-likeness (QED) is 0.510. The van der Waals surface area contributed by atoms with Gasteiger partial charge in [0.15, 0.2) is 0 Å². The van der Waals surface area contributed by atoms with Gasteiger partial charge in [0.25, 0.3) is 0 Å². The van der Waals surface area contributed by atoms with Crippen LogP contribution >= 0.6 is 0 Å². The van der Waals surface area contributed by atoms with Gasteiger partial charge in [-0.15, -0.1) is 0 Å². The van der Waals surface area contributed by atoms with E-state index in [1.165, 1.54) is 0 Å². The number of likely N-dealkylation sites (tertiary alicyclic amines) is 1. The van der Waals surface area contributed by atoms with E-state index < -0.39 is 11.7 Å². The minimum Gasteiger partial charge on any atom is -0.369 e. The number of hydrogen-bond donors (Lipinski definition) is 2. The number of carbonyl (C=O) groups is 1. The SMILES string of the molecule is Cc1nn(C2CCN(C)CC2)cc1Nc1ncc(C(F)(F)F)c(NCCCN2CCCN(C)CC2=O)n1. The Morgan fingerprint density at radius 1 is 1.11 bits per heavy atom. The zero-order valence-electron chi connectivity index (χ0n) is 21.7. The van der Waals surface area contributed by atoms with E-state index in [2.05, 4.69) is 37.6 Å². The van der Waals surface area contributed by atoms with Crippen molar-refractivity contribution in [3.63, 3.8) is 0 Å². The Hall–Kier alpha value is -2.93. The number of rotatable bonds is 8. The number of aryl methyl sites for hydroxylation is 1. The van der Waals surface area contributed by atoms with Crippen LogP contribution < -0.4 is 10.6 Å². The zero-order valence-corrected chi connectivity index (χ0v) is 21.7. The smallest absolute Gasteiger partial charge is 0.369 e. The molecule has 0 bridgehead atoms. The predicted molar refractivity (Wildman–Crippen MR) is 135 cm³/mol. The first kappa shape index (κ1) is 27.1. The van der Waals surface area contributed by atoms with E-state index in [4.69, 9.17) is 0 Å². The van der Waals surface area contributed by atoms with Crippen molar-refractivity contribution in [1.29, 1.82) is 0 Å². The molecule has 2 fully saturated rings. The molecule has 0 radical (unpaired) electrons. The van der Waals surface area contributed by atoms with Gasteiger partial charge in [-0.05, 0) is 59.8 Å². The number of halogens is 3. The Morgan fingerprint density at radius 2 is 1.86 bits per heavy atom. The summed E-state index contributed by atoms with van der Waals surface area (Å²) in [4.78, 5) is 26.4. The maximum absolute atomic E-state index is 13.6. The van der Waals surface area contributed by atoms with Crippen LogP contribution in [0.2, 0.25) is 0 Å². The largest absolute Gasteiger partial charge is 0.421 e. The average molecular weight is 524 g/mol. The van der Waals surface area contributed by atoms with Gasteiger partial charge < -0.3 is 20.4 Å². The van der Waals surface area contributed by atoms with Crippen molar-refractivity contribution in [3.05, 3.63) is 23.7 Å². The van der Waals surface area contributed by atoms with Crippen LogP contribution in [0.4, 0.5) is 30.6 Å². The molecule has 0 saturated carbocycles. The number of anilines is 3. The number of aromatic nitrogens is 4. The first-order valence-corrected chi connectivity index (χ1v) is 12.8. The van der Waals surface area contributed by atoms with Gasteiger partial charge in [-0.1, -0.05) is 0 Å². The summed E-state index contributed by atoms with van der Waals surface area (Å²) in [6, 6.07) is 0.285. The van der Waals surface area contributed by atoms with E-state index in [1.54, 1.807) is 4.90 Å². The van der Waals surface area contributed by atoms with E-state index in [0.29, 0.717) is 31.7 Å². The number of nitrogens with one attached hydrogen (secondary N) is 2. The number of amides is 1. The van der Waals surface area contributed by atoms with Gasteiger partial charge in [-0.2, -0.15) is 23.3 Å². The Morgan fingerprint density at radius 3 is 2.59 bits per heavy atom. The van der Waals surface area contributed by atoms with Crippen molar-refractivity contribution in [3.8, 4) is 0 Å². The van der Waals surface area contributed by atoms with E-state index in [-0.39, 0.29) is 30.3 Å². The summed E-state index contributed by atoms with van der Waals surface area (Å²) < 4.78 is 42.8. The number of alkyl halides is 3. The lowest BCUT2D eigenvalue weighted by Crippen LogP contribution is -2.36. The molecule has 0 spiro atoms. The summed E-state index contributed by atoms with van der Waals surface area (Å²) in [5.41, 5.74) is 0.461. The second kappa shape index (κ2) is 11.6. The third-order valence-electron chi connectivity index (χ3n) is 6.94. The van der Waals surface area contributed by atoms with Crippen LogP contribution in [0, 0.1) is 6.92 Å². The molecule has 2 aromatic rings. The predicted octanol–water partition coefficient (Wildman–Crippen LogP) is 2.98. The minimum absolute atomic E-state index is 0.0423. The van der Waals surface area contributed by atoms with Gasteiger partial charge in [0.2, 0.25) is 11.9 Å². The Kier molecular flexibility index (Phi) is 8.53. The van der Waals surface area contributed by atoms with Crippen molar-refractivity contribution in [2.45, 2.75) is 44.8 Å². The molecule has 0 unspecified atom stereocenters. The van der Waals surface area contributed by atoms with Gasteiger partial charge in [0.1, 0.15) is 11.4 Å². The van der Waals surface area contributed by atoms with Crippen LogP contribution in [-0.2, 0) is 11.0 Å². The first-order chi connectivity index (χ1) is 17.6. The molecule has 37 heavy (non-hydrogen) atoms. The molecule has 204 valence electrons. The number of hydrogen-bond acceptors (Lipinski definition) is 8. The standard InChI is InChI=1S/C24H36F3N9O/c1-17-20(15-36(32-17)18-6-12-33(2)13-7-18)30-23-29-14-19(24(25,26)27)22(31-23)28-8-4-10-35-11-5-9-34(3)16-21(35)37/h14-15,18H,4-13,16H2,1-3H3,(H2,28,29,30,31). The summed E-state index contributed by atoms with van der Waals surface area (Å²) >= 11 is 0. The van der Waals surface area contributed by atoms with Crippen LogP contribution in [0.15, 0.2) is 12.4 Å². The molecule has 1 amide bonds. The molecular formula is C24H36F3N9O. The number of carbonyl (C=O) groups excluding carboxylic acids is 1. The summed E-state index contributed by atoms with van der Waals surface area (Å²) in [6.45, 7) is 6.42. The fourth-order valence-electron chi connectivity index (χ4n) is 4.73. The zero-order chi connectivity index (χ0) is 26.6. The highest BCUT2D eigenvalue weighted by Gasteiger charge is 2.35. The lowest BCUT2D eigenvalue weighted by molar-refractivity contribution is -0.137. The summed E-state index contributed by atoms with van der Waals surface area (Å²) in [7, 11) is 4.00. The van der Waals surface area contributed by atoms with Gasteiger partial charge in [0, 0.05) is 38.6 Å². The van der Waals surface area contributed by atoms with Gasteiger partial charge in [0.05, 0.1) is 24.0 Å². The number of nitrogens with zero attached hydrogens (tertiary/aromatic N) is 7. The van der Waals surface area contributed by atoms with E-state index in [9.17, 15) is 18.0 Å². The fourth-order valence-corrected chi connectivity index (χ4v) is 4.73. The normalized spacial score (nSPS) is 18.8. The molecule has 0 aromatic carbocycles. The second-order valence-electron chi connectivity index (χ2n) is 9.97. The van der Waals surface area contributed by atoms with Crippen LogP contribution in [0.25, 0.3) is 0 Å². The molecule has 0 atom stereocenters. The molecule has 4 rings (SSSR count). The van der Waals surface area contributed by atoms with Crippen molar-refractivity contribution in [1.82, 2.24) is 34.4 Å². The highest BCUT2D eigenvalue weighted by molar-refractivity contribution is 5.78. The third kappa shape index (κ3) is 7.10. The Balaban J connectivity index is 1.41. The number of likely N-dealkylation sites (N-methyl/N-ethyl adjacent to an activating group) is 1. The third-order valence-corrected chi connectivity index (χ3v) is 6.94. The molecule has 13 heteroatoms. The fraction of sp³-hybridized carbons (Fsp3) is 0.667. The van der Waals surface area contributed by atoms with Gasteiger partial charge in [-0.25, -0.2) is 4.98 Å². The molecule has 0 aliphatic carbocycles. The monoisotopic (exact) mass is 523 g/mol. The van der Waals surface area contributed by atoms with Crippen LogP contribution in [0.5, 0.6) is 0 Å². The topological polar surface area (TPSA) is 94.5 Å². The van der Waals surface area contributed by atoms with Crippen molar-refractivity contribution < 1.29 is 18.0 Å². The number of piperidine rings is 1. The molecule has 4 heterocycles. The molecular weight excluding hydrogens is 487 g/mol. The molecule has 10 nitrogen and oxygen atoms in total. The van der Waals surface area contributed by atoms with E-state index in [1.807, 2.05) is 29.7 Å². The van der Waals surface area contributed by atoms with Crippen LogP contribution in [-0.4, -0.2) is 100 Å². The van der Waals surface area contributed by atoms with Gasteiger partial charge >= 0.3 is 6.18 Å². The molecule has 2 aromatic heterocycles. The first-order valence-electron chi connectivity index (χ1n) is 12.8. The Labute approximate surface area is 215 Å². The summed E-state index contributed by atoms with van der Waals surface area (Å²) in [6.07, 6.45) is 1.42.